The van der Waals surface area contributed by atoms with Crippen LogP contribution in [0.5, 0.6) is 5.75 Å². The molecule has 7 nitrogen and oxygen atoms in total. The molecule has 33 heavy (non-hydrogen) atoms. The van der Waals surface area contributed by atoms with Crippen LogP contribution >= 0.6 is 0 Å². The van der Waals surface area contributed by atoms with Gasteiger partial charge in [-0.1, -0.05) is 0 Å². The average molecular weight is 532 g/mol. The number of nitrogens with zero attached hydrogens (tertiary/aromatic N) is 2. The van der Waals surface area contributed by atoms with Crippen molar-refractivity contribution in [1.82, 2.24) is 15.5 Å². The number of hydrogen-bond donors (Lipinski definition) is 2. The van der Waals surface area contributed by atoms with Crippen LogP contribution in [0.15, 0.2) is 54.6 Å². The second kappa shape index (κ2) is 10.5. The summed E-state index contributed by atoms with van der Waals surface area (Å²) in [4.78, 5) is 12.5. The van der Waals surface area contributed by atoms with Gasteiger partial charge in [0.15, 0.2) is 0 Å². The van der Waals surface area contributed by atoms with Crippen LogP contribution in [0.4, 0.5) is 15.2 Å². The Bertz CT molecular complexity index is 1040. The van der Waals surface area contributed by atoms with Gasteiger partial charge in [0, 0.05) is 0 Å². The van der Waals surface area contributed by atoms with E-state index in [9.17, 15) is 4.79 Å². The van der Waals surface area contributed by atoms with Crippen molar-refractivity contribution in [3.05, 3.63) is 64.7 Å². The molecular weight excluding hydrogens is 499 g/mol. The molecule has 1 unspecified atom stereocenters. The summed E-state index contributed by atoms with van der Waals surface area (Å²) in [7, 11) is -1.67. The number of para-hydroxylation sites is 1. The van der Waals surface area contributed by atoms with Gasteiger partial charge in [-0.3, -0.25) is 0 Å². The molecule has 3 rings (SSSR count). The Labute approximate surface area is 202 Å². The van der Waals surface area contributed by atoms with Crippen LogP contribution in [-0.2, 0) is 11.2 Å². The zero-order chi connectivity index (χ0) is 24.1. The van der Waals surface area contributed by atoms with E-state index in [0.717, 1.165) is 26.3 Å². The average Bonchev–Trinajstić information content (AvgIpc) is 3.15. The van der Waals surface area contributed by atoms with Crippen molar-refractivity contribution in [2.75, 3.05) is 5.32 Å². The molecule has 0 saturated heterocycles. The summed E-state index contributed by atoms with van der Waals surface area (Å²) < 4.78 is 13.2. The fourth-order valence-corrected chi connectivity index (χ4v) is 5.56. The zero-order valence-corrected chi connectivity index (χ0v) is 22.7. The predicted octanol–water partition coefficient (Wildman–Crippen LogP) is 5.30. The second-order valence-electron chi connectivity index (χ2n) is 9.70. The van der Waals surface area contributed by atoms with Crippen molar-refractivity contribution < 1.29 is 14.0 Å². The van der Waals surface area contributed by atoms with Gasteiger partial charge in [-0.05, 0) is 0 Å². The summed E-state index contributed by atoms with van der Waals surface area (Å²) in [6.07, 6.45) is 0.121. The van der Waals surface area contributed by atoms with E-state index < -0.39 is 20.0 Å². The fraction of sp³-hybridized carbons (Fsp3) is 0.375. The molecule has 176 valence electrons. The van der Waals surface area contributed by atoms with Gasteiger partial charge in [0.1, 0.15) is 0 Å². The van der Waals surface area contributed by atoms with Crippen LogP contribution in [0, 0.1) is 0 Å². The summed E-state index contributed by atoms with van der Waals surface area (Å²) >= 11 is -0.142. The Hall–Kier alpha value is -2.61. The molecule has 2 aromatic carbocycles. The Kier molecular flexibility index (Phi) is 7.99. The second-order valence-corrected chi connectivity index (χ2v) is 16.2. The molecule has 1 amide bonds. The number of nitrogens with one attached hydrogen (secondary N) is 2. The van der Waals surface area contributed by atoms with Gasteiger partial charge < -0.3 is 0 Å². The van der Waals surface area contributed by atoms with E-state index in [0.29, 0.717) is 6.42 Å². The maximum absolute atomic E-state index is 12.5. The molecular formula is C24H32N4O3SeSi. The van der Waals surface area contributed by atoms with Gasteiger partial charge in [0.2, 0.25) is 0 Å². The first kappa shape index (κ1) is 25.0. The first-order valence-electron chi connectivity index (χ1n) is 10.9. The Morgan fingerprint density at radius 1 is 1.03 bits per heavy atom. The molecule has 0 fully saturated rings. The molecule has 2 N–H and O–H groups in total. The molecule has 0 spiro atoms. The molecule has 0 bridgehead atoms. The predicted molar refractivity (Wildman–Crippen MR) is 135 cm³/mol. The third-order valence-corrected chi connectivity index (χ3v) is 7.09. The van der Waals surface area contributed by atoms with Crippen molar-refractivity contribution in [2.45, 2.75) is 58.5 Å². The van der Waals surface area contributed by atoms with Crippen LogP contribution in [0.1, 0.15) is 36.9 Å². The fourth-order valence-electron chi connectivity index (χ4n) is 3.00. The number of aromatic nitrogens is 2. The molecule has 1 atom stereocenters. The van der Waals surface area contributed by atoms with Crippen LogP contribution in [0.3, 0.4) is 0 Å². The van der Waals surface area contributed by atoms with E-state index in [-0.39, 0.29) is 20.5 Å². The van der Waals surface area contributed by atoms with E-state index in [1.54, 1.807) is 0 Å². The zero-order valence-electron chi connectivity index (χ0n) is 20.0. The maximum atomic E-state index is 12.5. The number of benzene rings is 2. The topological polar surface area (TPSA) is 85.4 Å². The minimum atomic E-state index is -1.67. The number of hydrogen-bond acceptors (Lipinski definition) is 6. The summed E-state index contributed by atoms with van der Waals surface area (Å²) in [5, 5.41) is 15.0. The summed E-state index contributed by atoms with van der Waals surface area (Å²) in [5.74, 6) is 0.870. The first-order chi connectivity index (χ1) is 15.5. The molecule has 3 aromatic rings. The number of anilines is 2. The Balaban J connectivity index is 1.77. The third kappa shape index (κ3) is 8.68. The molecule has 0 radical (unpaired) electrons. The number of carbonyl (C=O) groups is 1. The van der Waals surface area contributed by atoms with E-state index in [1.807, 2.05) is 75.4 Å². The van der Waals surface area contributed by atoms with Crippen molar-refractivity contribution in [1.29, 1.82) is 0 Å². The van der Waals surface area contributed by atoms with Gasteiger partial charge in [0.05, 0.1) is 0 Å². The van der Waals surface area contributed by atoms with Gasteiger partial charge in [0.25, 0.3) is 0 Å². The number of carbonyl (C=O) groups excluding carboxylic acids is 1. The normalized spacial score (nSPS) is 12.7. The van der Waals surface area contributed by atoms with Crippen LogP contribution in [0.2, 0.25) is 19.6 Å². The van der Waals surface area contributed by atoms with Crippen molar-refractivity contribution >= 4 is 39.3 Å². The minimum absolute atomic E-state index is 0.142. The number of amides is 1. The SMILES string of the molecule is CC(C)(C)OC(=O)NC(Cc1ccc(O[Si](C)(C)C)cc1)c1nnc(Nc2ccccc2)[se]1. The molecule has 9 heteroatoms. The number of ether oxygens (including phenoxy) is 1. The van der Waals surface area contributed by atoms with Gasteiger partial charge >= 0.3 is 203 Å². The standard InChI is InChI=1S/C24H32N4O3SeSi/c1-24(2,3)30-23(29)26-20(16-17-12-14-19(15-13-17)31-33(4,5)6)21-27-28-22(32-21)25-18-10-8-7-9-11-18/h7-15,20H,16H2,1-6H3,(H,25,28)(H,26,29). The van der Waals surface area contributed by atoms with Crippen molar-refractivity contribution in [3.63, 3.8) is 0 Å². The monoisotopic (exact) mass is 532 g/mol. The van der Waals surface area contributed by atoms with Crippen LogP contribution < -0.4 is 15.1 Å². The van der Waals surface area contributed by atoms with Gasteiger partial charge in [-0.15, -0.1) is 0 Å². The number of rotatable bonds is 8. The molecule has 0 saturated carbocycles. The van der Waals surface area contributed by atoms with Crippen LogP contribution in [0.25, 0.3) is 0 Å². The number of alkyl carbamates (subject to hydrolysis) is 1. The molecule has 0 aliphatic carbocycles. The molecule has 0 aliphatic heterocycles. The van der Waals surface area contributed by atoms with Crippen LogP contribution in [-0.4, -0.2) is 44.7 Å². The van der Waals surface area contributed by atoms with E-state index >= 15 is 0 Å². The quantitative estimate of drug-likeness (QED) is 0.384. The van der Waals surface area contributed by atoms with Crippen molar-refractivity contribution in [3.8, 4) is 5.75 Å². The summed E-state index contributed by atoms with van der Waals surface area (Å²) in [6.45, 7) is 12.0. The molecule has 1 heterocycles. The van der Waals surface area contributed by atoms with E-state index in [1.165, 1.54) is 0 Å². The van der Waals surface area contributed by atoms with Gasteiger partial charge in [-0.25, -0.2) is 0 Å². The summed E-state index contributed by atoms with van der Waals surface area (Å²) in [5.41, 5.74) is 1.45. The Morgan fingerprint density at radius 2 is 1.70 bits per heavy atom. The third-order valence-electron chi connectivity index (χ3n) is 4.24. The molecule has 0 aliphatic rings. The Morgan fingerprint density at radius 3 is 2.30 bits per heavy atom. The molecule has 1 aromatic heterocycles. The van der Waals surface area contributed by atoms with E-state index in [4.69, 9.17) is 9.16 Å². The van der Waals surface area contributed by atoms with Crippen molar-refractivity contribution in [2.24, 2.45) is 0 Å². The first-order valence-corrected chi connectivity index (χ1v) is 16.0. The summed E-state index contributed by atoms with van der Waals surface area (Å²) in [6, 6.07) is 17.6. The van der Waals surface area contributed by atoms with Gasteiger partial charge in [-0.2, -0.15) is 0 Å². The van der Waals surface area contributed by atoms with E-state index in [2.05, 4.69) is 40.5 Å².